The molecule has 0 bridgehead atoms. The number of benzene rings is 2. The Hall–Kier alpha value is -0.270. The highest BCUT2D eigenvalue weighted by molar-refractivity contribution is 14.1. The molecule has 0 amide bonds. The predicted octanol–water partition coefficient (Wildman–Crippen LogP) is 5.19. The lowest BCUT2D eigenvalue weighted by Gasteiger charge is -2.10. The van der Waals surface area contributed by atoms with E-state index in [1.165, 1.54) is 0 Å². The van der Waals surface area contributed by atoms with Crippen molar-refractivity contribution in [2.24, 2.45) is 0 Å². The minimum atomic E-state index is 0.618. The first kappa shape index (κ1) is 13.2. The van der Waals surface area contributed by atoms with Crippen molar-refractivity contribution in [3.05, 3.63) is 48.9 Å². The molecule has 0 aliphatic carbocycles. The maximum atomic E-state index is 5.86. The molecule has 0 heterocycles. The lowest BCUT2D eigenvalue weighted by molar-refractivity contribution is 0.481. The number of nitrogen functional groups attached to an aromatic ring is 1. The summed E-state index contributed by atoms with van der Waals surface area (Å²) < 4.78 is 8.78. The Morgan fingerprint density at radius 3 is 2.29 bits per heavy atom. The largest absolute Gasteiger partial charge is 0.454 e. The maximum Gasteiger partial charge on any atom is 0.151 e. The number of anilines is 1. The van der Waals surface area contributed by atoms with Gasteiger partial charge in [-0.25, -0.2) is 0 Å². The number of hydrogen-bond acceptors (Lipinski definition) is 2. The van der Waals surface area contributed by atoms with Crippen LogP contribution in [0.1, 0.15) is 0 Å². The van der Waals surface area contributed by atoms with Crippen molar-refractivity contribution >= 4 is 60.1 Å². The van der Waals surface area contributed by atoms with E-state index in [0.29, 0.717) is 11.4 Å². The molecular formula is C12H8Br2INO. The number of rotatable bonds is 2. The number of nitrogens with two attached hydrogens (primary N) is 1. The molecule has 0 aliphatic heterocycles. The SMILES string of the molecule is Nc1ccc(Br)cc1Oc1ccc(Br)cc1I. The quantitative estimate of drug-likeness (QED) is 0.486. The number of hydrogen-bond donors (Lipinski definition) is 1. The van der Waals surface area contributed by atoms with E-state index < -0.39 is 0 Å². The first-order valence-electron chi connectivity index (χ1n) is 4.74. The van der Waals surface area contributed by atoms with Gasteiger partial charge in [-0.2, -0.15) is 0 Å². The fourth-order valence-electron chi connectivity index (χ4n) is 1.27. The Morgan fingerprint density at radius 2 is 1.59 bits per heavy atom. The summed E-state index contributed by atoms with van der Waals surface area (Å²) in [5.74, 6) is 1.44. The second kappa shape index (κ2) is 5.58. The number of halogens is 3. The van der Waals surface area contributed by atoms with Crippen molar-refractivity contribution in [1.29, 1.82) is 0 Å². The highest BCUT2D eigenvalue weighted by Gasteiger charge is 2.06. The third-order valence-corrected chi connectivity index (χ3v) is 3.92. The molecule has 2 aromatic rings. The first-order valence-corrected chi connectivity index (χ1v) is 7.40. The normalized spacial score (nSPS) is 10.3. The van der Waals surface area contributed by atoms with E-state index in [-0.39, 0.29) is 0 Å². The fourth-order valence-corrected chi connectivity index (χ4v) is 3.03. The van der Waals surface area contributed by atoms with Gasteiger partial charge in [-0.15, -0.1) is 0 Å². The van der Waals surface area contributed by atoms with Gasteiger partial charge in [0, 0.05) is 8.95 Å². The molecule has 0 fully saturated rings. The summed E-state index contributed by atoms with van der Waals surface area (Å²) in [6.45, 7) is 0. The summed E-state index contributed by atoms with van der Waals surface area (Å²) in [6, 6.07) is 11.4. The van der Waals surface area contributed by atoms with Crippen molar-refractivity contribution in [1.82, 2.24) is 0 Å². The van der Waals surface area contributed by atoms with Crippen LogP contribution in [0.15, 0.2) is 45.3 Å². The molecule has 2 rings (SSSR count). The zero-order chi connectivity index (χ0) is 12.4. The van der Waals surface area contributed by atoms with Crippen LogP contribution in [0.2, 0.25) is 0 Å². The van der Waals surface area contributed by atoms with Crippen LogP contribution in [0.25, 0.3) is 0 Å². The van der Waals surface area contributed by atoms with Crippen LogP contribution < -0.4 is 10.5 Å². The topological polar surface area (TPSA) is 35.2 Å². The second-order valence-corrected chi connectivity index (χ2v) is 6.35. The van der Waals surface area contributed by atoms with Crippen LogP contribution in [-0.4, -0.2) is 0 Å². The van der Waals surface area contributed by atoms with Crippen LogP contribution in [-0.2, 0) is 0 Å². The molecule has 17 heavy (non-hydrogen) atoms. The van der Waals surface area contributed by atoms with Gasteiger partial charge in [-0.3, -0.25) is 0 Å². The molecule has 0 aliphatic rings. The van der Waals surface area contributed by atoms with E-state index in [1.807, 2.05) is 36.4 Å². The summed E-state index contributed by atoms with van der Waals surface area (Å²) in [6.07, 6.45) is 0. The molecule has 0 aromatic heterocycles. The van der Waals surface area contributed by atoms with E-state index in [1.54, 1.807) is 0 Å². The molecular weight excluding hydrogens is 461 g/mol. The van der Waals surface area contributed by atoms with Gasteiger partial charge < -0.3 is 10.5 Å². The predicted molar refractivity (Wildman–Crippen MR) is 85.5 cm³/mol. The van der Waals surface area contributed by atoms with Crippen molar-refractivity contribution < 1.29 is 4.74 Å². The summed E-state index contributed by atoms with van der Waals surface area (Å²) in [7, 11) is 0. The van der Waals surface area contributed by atoms with E-state index >= 15 is 0 Å². The summed E-state index contributed by atoms with van der Waals surface area (Å²) in [5.41, 5.74) is 6.48. The Balaban J connectivity index is 2.34. The van der Waals surface area contributed by atoms with Crippen molar-refractivity contribution in [2.45, 2.75) is 0 Å². The first-order chi connectivity index (χ1) is 8.06. The molecule has 0 saturated heterocycles. The standard InChI is InChI=1S/C12H8Br2INO/c13-7-2-4-11(9(15)5-7)17-12-6-8(14)1-3-10(12)16/h1-6H,16H2. The van der Waals surface area contributed by atoms with Crippen molar-refractivity contribution in [3.63, 3.8) is 0 Å². The zero-order valence-corrected chi connectivity index (χ0v) is 13.9. The Bertz CT molecular complexity index is 560. The van der Waals surface area contributed by atoms with E-state index in [0.717, 1.165) is 18.3 Å². The molecule has 2 N–H and O–H groups in total. The van der Waals surface area contributed by atoms with E-state index in [4.69, 9.17) is 10.5 Å². The van der Waals surface area contributed by atoms with E-state index in [9.17, 15) is 0 Å². The van der Waals surface area contributed by atoms with Crippen molar-refractivity contribution in [2.75, 3.05) is 5.73 Å². The summed E-state index contributed by atoms with van der Waals surface area (Å²) in [5, 5.41) is 0. The van der Waals surface area contributed by atoms with Gasteiger partial charge in [0.15, 0.2) is 5.75 Å². The molecule has 2 aromatic carbocycles. The highest BCUT2D eigenvalue weighted by atomic mass is 127. The van der Waals surface area contributed by atoms with Crippen LogP contribution in [0.5, 0.6) is 11.5 Å². The fraction of sp³-hybridized carbons (Fsp3) is 0. The van der Waals surface area contributed by atoms with Gasteiger partial charge in [0.05, 0.1) is 9.26 Å². The second-order valence-electron chi connectivity index (χ2n) is 3.36. The Labute approximate surface area is 130 Å². The zero-order valence-electron chi connectivity index (χ0n) is 8.58. The molecule has 88 valence electrons. The van der Waals surface area contributed by atoms with Gasteiger partial charge in [-0.1, -0.05) is 31.9 Å². The average molecular weight is 469 g/mol. The maximum absolute atomic E-state index is 5.86. The molecule has 0 unspecified atom stereocenters. The van der Waals surface area contributed by atoms with E-state index in [2.05, 4.69) is 54.5 Å². The van der Waals surface area contributed by atoms with Gasteiger partial charge >= 0.3 is 0 Å². The average Bonchev–Trinajstić information content (AvgIpc) is 2.27. The molecule has 2 nitrogen and oxygen atoms in total. The van der Waals surface area contributed by atoms with Crippen LogP contribution >= 0.6 is 54.5 Å². The highest BCUT2D eigenvalue weighted by Crippen LogP contribution is 2.33. The molecule has 0 spiro atoms. The monoisotopic (exact) mass is 467 g/mol. The minimum Gasteiger partial charge on any atom is -0.454 e. The van der Waals surface area contributed by atoms with Gasteiger partial charge in [0.25, 0.3) is 0 Å². The molecule has 5 heteroatoms. The smallest absolute Gasteiger partial charge is 0.151 e. The molecule has 0 radical (unpaired) electrons. The number of ether oxygens (including phenoxy) is 1. The van der Waals surface area contributed by atoms with Crippen molar-refractivity contribution in [3.8, 4) is 11.5 Å². The lowest BCUT2D eigenvalue weighted by atomic mass is 10.3. The van der Waals surface area contributed by atoms with Crippen LogP contribution in [0, 0.1) is 3.57 Å². The van der Waals surface area contributed by atoms with Gasteiger partial charge in [0.2, 0.25) is 0 Å². The van der Waals surface area contributed by atoms with Gasteiger partial charge in [0.1, 0.15) is 5.75 Å². The van der Waals surface area contributed by atoms with Gasteiger partial charge in [-0.05, 0) is 59.0 Å². The van der Waals surface area contributed by atoms with Crippen LogP contribution in [0.4, 0.5) is 5.69 Å². The lowest BCUT2D eigenvalue weighted by Crippen LogP contribution is -1.93. The Kier molecular flexibility index (Phi) is 4.32. The summed E-state index contributed by atoms with van der Waals surface area (Å²) in [4.78, 5) is 0. The minimum absolute atomic E-state index is 0.618. The Morgan fingerprint density at radius 1 is 0.941 bits per heavy atom. The van der Waals surface area contributed by atoms with Crippen LogP contribution in [0.3, 0.4) is 0 Å². The molecule has 0 saturated carbocycles. The third-order valence-electron chi connectivity index (χ3n) is 2.09. The molecule has 0 atom stereocenters. The summed E-state index contributed by atoms with van der Waals surface area (Å²) >= 11 is 9.04. The third kappa shape index (κ3) is 3.35.